The standard InChI is InChI=1S/C23H28N2O4S/c1-4-24(16-17-9-10-19(28-2)20(15-17)29-3)22(26)11-12-23(27)25-13-14-30-21-8-6-5-7-18(21)25/h5-10,15H,4,11-14,16H2,1-3H3. The maximum atomic E-state index is 12.8. The molecule has 1 aliphatic heterocycles. The number of rotatable bonds is 8. The zero-order chi connectivity index (χ0) is 21.5. The van der Waals surface area contributed by atoms with Gasteiger partial charge in [0.1, 0.15) is 0 Å². The lowest BCUT2D eigenvalue weighted by atomic mass is 10.1. The summed E-state index contributed by atoms with van der Waals surface area (Å²) >= 11 is 1.76. The van der Waals surface area contributed by atoms with Crippen molar-refractivity contribution in [1.29, 1.82) is 0 Å². The van der Waals surface area contributed by atoms with Gasteiger partial charge in [-0.25, -0.2) is 0 Å². The SMILES string of the molecule is CCN(Cc1ccc(OC)c(OC)c1)C(=O)CCC(=O)N1CCSc2ccccc21. The molecular formula is C23H28N2O4S. The minimum atomic E-state index is -0.0275. The molecule has 2 aromatic rings. The van der Waals surface area contributed by atoms with Crippen LogP contribution in [0.15, 0.2) is 47.4 Å². The molecule has 0 atom stereocenters. The summed E-state index contributed by atoms with van der Waals surface area (Å²) in [7, 11) is 3.18. The molecule has 0 saturated carbocycles. The quantitative estimate of drug-likeness (QED) is 0.637. The van der Waals surface area contributed by atoms with E-state index in [2.05, 4.69) is 0 Å². The van der Waals surface area contributed by atoms with Crippen LogP contribution >= 0.6 is 11.8 Å². The van der Waals surface area contributed by atoms with E-state index >= 15 is 0 Å². The summed E-state index contributed by atoms with van der Waals surface area (Å²) in [4.78, 5) is 30.3. The third-order valence-electron chi connectivity index (χ3n) is 5.14. The zero-order valence-electron chi connectivity index (χ0n) is 17.7. The molecule has 0 spiro atoms. The molecule has 1 aliphatic rings. The molecule has 7 heteroatoms. The largest absolute Gasteiger partial charge is 0.493 e. The first-order valence-corrected chi connectivity index (χ1v) is 11.1. The highest BCUT2D eigenvalue weighted by Gasteiger charge is 2.24. The first-order chi connectivity index (χ1) is 14.6. The van der Waals surface area contributed by atoms with Gasteiger partial charge in [-0.05, 0) is 36.8 Å². The van der Waals surface area contributed by atoms with Crippen molar-refractivity contribution < 1.29 is 19.1 Å². The minimum Gasteiger partial charge on any atom is -0.493 e. The Morgan fingerprint density at radius 2 is 1.83 bits per heavy atom. The fraction of sp³-hybridized carbons (Fsp3) is 0.391. The van der Waals surface area contributed by atoms with Crippen molar-refractivity contribution in [2.45, 2.75) is 31.2 Å². The number of carbonyl (C=O) groups excluding carboxylic acids is 2. The van der Waals surface area contributed by atoms with Crippen molar-refractivity contribution in [2.24, 2.45) is 0 Å². The highest BCUT2D eigenvalue weighted by molar-refractivity contribution is 7.99. The molecule has 2 aromatic carbocycles. The Hall–Kier alpha value is -2.67. The molecule has 0 fully saturated rings. The van der Waals surface area contributed by atoms with Gasteiger partial charge < -0.3 is 19.3 Å². The smallest absolute Gasteiger partial charge is 0.227 e. The highest BCUT2D eigenvalue weighted by Crippen LogP contribution is 2.34. The number of hydrogen-bond donors (Lipinski definition) is 0. The highest BCUT2D eigenvalue weighted by atomic mass is 32.2. The van der Waals surface area contributed by atoms with Gasteiger partial charge in [0, 0.05) is 43.1 Å². The molecule has 0 N–H and O–H groups in total. The van der Waals surface area contributed by atoms with Crippen LogP contribution in [-0.2, 0) is 16.1 Å². The first kappa shape index (κ1) is 22.0. The number of hydrogen-bond acceptors (Lipinski definition) is 5. The second-order valence-corrected chi connectivity index (χ2v) is 8.10. The number of ether oxygens (including phenoxy) is 2. The summed E-state index contributed by atoms with van der Waals surface area (Å²) < 4.78 is 10.6. The molecular weight excluding hydrogens is 400 g/mol. The monoisotopic (exact) mass is 428 g/mol. The van der Waals surface area contributed by atoms with Gasteiger partial charge >= 0.3 is 0 Å². The van der Waals surface area contributed by atoms with Crippen LogP contribution in [0.3, 0.4) is 0 Å². The number of carbonyl (C=O) groups is 2. The lowest BCUT2D eigenvalue weighted by Gasteiger charge is -2.29. The molecule has 1 heterocycles. The Kier molecular flexibility index (Phi) is 7.63. The first-order valence-electron chi connectivity index (χ1n) is 10.1. The Balaban J connectivity index is 1.60. The fourth-order valence-electron chi connectivity index (χ4n) is 3.51. The lowest BCUT2D eigenvalue weighted by Crippen LogP contribution is -2.37. The van der Waals surface area contributed by atoms with Crippen molar-refractivity contribution in [1.82, 2.24) is 4.90 Å². The van der Waals surface area contributed by atoms with E-state index in [0.29, 0.717) is 31.1 Å². The number of benzene rings is 2. The van der Waals surface area contributed by atoms with E-state index in [1.54, 1.807) is 30.9 Å². The predicted molar refractivity (Wildman–Crippen MR) is 119 cm³/mol. The van der Waals surface area contributed by atoms with Gasteiger partial charge in [-0.3, -0.25) is 9.59 Å². The van der Waals surface area contributed by atoms with Crippen LogP contribution in [0.1, 0.15) is 25.3 Å². The summed E-state index contributed by atoms with van der Waals surface area (Å²) in [5.74, 6) is 2.13. The average molecular weight is 429 g/mol. The van der Waals surface area contributed by atoms with E-state index < -0.39 is 0 Å². The Morgan fingerprint density at radius 1 is 1.07 bits per heavy atom. The normalized spacial score (nSPS) is 12.8. The molecule has 0 bridgehead atoms. The van der Waals surface area contributed by atoms with Gasteiger partial charge in [0.25, 0.3) is 0 Å². The molecule has 3 rings (SSSR count). The predicted octanol–water partition coefficient (Wildman–Crippen LogP) is 3.97. The number of anilines is 1. The summed E-state index contributed by atoms with van der Waals surface area (Å²) in [5, 5.41) is 0. The van der Waals surface area contributed by atoms with Crippen LogP contribution in [-0.4, -0.2) is 49.8 Å². The van der Waals surface area contributed by atoms with Crippen LogP contribution in [0.2, 0.25) is 0 Å². The molecule has 2 amide bonds. The van der Waals surface area contributed by atoms with Gasteiger partial charge in [0.05, 0.1) is 19.9 Å². The second kappa shape index (κ2) is 10.4. The second-order valence-electron chi connectivity index (χ2n) is 6.96. The molecule has 0 aromatic heterocycles. The zero-order valence-corrected chi connectivity index (χ0v) is 18.5. The maximum absolute atomic E-state index is 12.8. The number of para-hydroxylation sites is 1. The van der Waals surface area contributed by atoms with E-state index in [0.717, 1.165) is 21.9 Å². The van der Waals surface area contributed by atoms with Crippen LogP contribution in [0, 0.1) is 0 Å². The molecule has 0 saturated heterocycles. The van der Waals surface area contributed by atoms with E-state index in [4.69, 9.17) is 9.47 Å². The van der Waals surface area contributed by atoms with Crippen molar-refractivity contribution in [3.63, 3.8) is 0 Å². The fourth-order valence-corrected chi connectivity index (χ4v) is 4.51. The number of thioether (sulfide) groups is 1. The Morgan fingerprint density at radius 3 is 2.57 bits per heavy atom. The lowest BCUT2D eigenvalue weighted by molar-refractivity contribution is -0.133. The molecule has 0 aliphatic carbocycles. The summed E-state index contributed by atoms with van der Waals surface area (Å²) in [6.45, 7) is 3.66. The number of methoxy groups -OCH3 is 2. The van der Waals surface area contributed by atoms with Gasteiger partial charge in [0.15, 0.2) is 11.5 Å². The number of fused-ring (bicyclic) bond motifs is 1. The van der Waals surface area contributed by atoms with E-state index in [9.17, 15) is 9.59 Å². The number of nitrogens with zero attached hydrogens (tertiary/aromatic N) is 2. The maximum Gasteiger partial charge on any atom is 0.227 e. The molecule has 6 nitrogen and oxygen atoms in total. The summed E-state index contributed by atoms with van der Waals surface area (Å²) in [5.41, 5.74) is 1.90. The third-order valence-corrected chi connectivity index (χ3v) is 6.18. The van der Waals surface area contributed by atoms with Gasteiger partial charge in [-0.2, -0.15) is 0 Å². The van der Waals surface area contributed by atoms with Gasteiger partial charge in [-0.15, -0.1) is 11.8 Å². The minimum absolute atomic E-state index is 0.00160. The molecule has 0 unspecified atom stereocenters. The van der Waals surface area contributed by atoms with Crippen LogP contribution in [0.5, 0.6) is 11.5 Å². The van der Waals surface area contributed by atoms with Crippen LogP contribution in [0.4, 0.5) is 5.69 Å². The van der Waals surface area contributed by atoms with Gasteiger partial charge in [0.2, 0.25) is 11.8 Å². The van der Waals surface area contributed by atoms with Gasteiger partial charge in [-0.1, -0.05) is 18.2 Å². The summed E-state index contributed by atoms with van der Waals surface area (Å²) in [6.07, 6.45) is 0.409. The third kappa shape index (κ3) is 5.08. The molecule has 30 heavy (non-hydrogen) atoms. The molecule has 0 radical (unpaired) electrons. The Labute approximate surface area is 182 Å². The van der Waals surface area contributed by atoms with Crippen molar-refractivity contribution in [2.75, 3.05) is 38.0 Å². The number of amides is 2. The van der Waals surface area contributed by atoms with Crippen LogP contribution in [0.25, 0.3) is 0 Å². The van der Waals surface area contributed by atoms with E-state index in [1.165, 1.54) is 0 Å². The van der Waals surface area contributed by atoms with Crippen LogP contribution < -0.4 is 14.4 Å². The van der Waals surface area contributed by atoms with Crippen molar-refractivity contribution in [3.05, 3.63) is 48.0 Å². The van der Waals surface area contributed by atoms with Crippen molar-refractivity contribution in [3.8, 4) is 11.5 Å². The summed E-state index contributed by atoms with van der Waals surface area (Å²) in [6, 6.07) is 13.6. The van der Waals surface area contributed by atoms with E-state index in [1.807, 2.05) is 54.3 Å². The molecule has 160 valence electrons. The van der Waals surface area contributed by atoms with Crippen molar-refractivity contribution >= 4 is 29.3 Å². The van der Waals surface area contributed by atoms with E-state index in [-0.39, 0.29) is 24.7 Å². The Bertz CT molecular complexity index is 903. The topological polar surface area (TPSA) is 59.1 Å². The average Bonchev–Trinajstić information content (AvgIpc) is 2.80.